The monoisotopic (exact) mass is 979 g/mol. The molecule has 4 N–H and O–H groups in total. The first-order valence-corrected chi connectivity index (χ1v) is 27.7. The van der Waals surface area contributed by atoms with Crippen LogP contribution >= 0.6 is 0 Å². The van der Waals surface area contributed by atoms with Gasteiger partial charge >= 0.3 is 16.4 Å². The second-order valence-electron chi connectivity index (χ2n) is 17.7. The maximum absolute atomic E-state index is 12.9. The second-order valence-corrected chi connectivity index (χ2v) is 18.8. The van der Waals surface area contributed by atoms with Crippen LogP contribution in [0, 0.1) is 0 Å². The molecule has 68 heavy (non-hydrogen) atoms. The molecule has 0 spiro atoms. The van der Waals surface area contributed by atoms with Gasteiger partial charge in [0, 0.05) is 13.0 Å². The van der Waals surface area contributed by atoms with Crippen LogP contribution in [0.2, 0.25) is 0 Å². The molecule has 1 saturated heterocycles. The van der Waals surface area contributed by atoms with Gasteiger partial charge in [-0.25, -0.2) is 4.18 Å². The summed E-state index contributed by atoms with van der Waals surface area (Å²) in [4.78, 5) is 12.9. The quantitative estimate of drug-likeness (QED) is 0.0197. The topological polar surface area (TPSA) is 178 Å². The molecule has 13 heteroatoms. The summed E-state index contributed by atoms with van der Waals surface area (Å²) < 4.78 is 59.3. The Labute approximate surface area is 413 Å². The number of unbranched alkanes of at least 4 members (excludes halogenated alkanes) is 18. The van der Waals surface area contributed by atoms with Gasteiger partial charge in [0.1, 0.15) is 30.5 Å². The fourth-order valence-corrected chi connectivity index (χ4v) is 8.06. The van der Waals surface area contributed by atoms with Gasteiger partial charge in [-0.3, -0.25) is 9.35 Å². The molecule has 0 saturated carbocycles. The zero-order valence-electron chi connectivity index (χ0n) is 42.1. The lowest BCUT2D eigenvalue weighted by Gasteiger charge is -2.41. The molecule has 0 aliphatic carbocycles. The van der Waals surface area contributed by atoms with Crippen LogP contribution in [0.4, 0.5) is 0 Å². The van der Waals surface area contributed by atoms with Gasteiger partial charge in [0.25, 0.3) is 0 Å². The fraction of sp³-hybridized carbons (Fsp3) is 0.727. The number of hydrogen-bond acceptors (Lipinski definition) is 11. The molecule has 392 valence electrons. The number of esters is 1. The molecular formula is C55H94O12S. The smallest absolute Gasteiger partial charge is 0.397 e. The van der Waals surface area contributed by atoms with Crippen molar-refractivity contribution < 1.29 is 56.2 Å². The summed E-state index contributed by atoms with van der Waals surface area (Å²) in [6, 6.07) is 0. The lowest BCUT2D eigenvalue weighted by molar-refractivity contribution is -0.301. The molecule has 0 radical (unpaired) electrons. The molecule has 0 aromatic carbocycles. The van der Waals surface area contributed by atoms with Crippen LogP contribution in [0.5, 0.6) is 0 Å². The van der Waals surface area contributed by atoms with E-state index in [1.165, 1.54) is 77.0 Å². The third-order valence-corrected chi connectivity index (χ3v) is 12.0. The number of aliphatic hydroxyl groups excluding tert-OH is 3. The Kier molecular flexibility index (Phi) is 42.3. The van der Waals surface area contributed by atoms with Crippen molar-refractivity contribution in [3.63, 3.8) is 0 Å². The summed E-state index contributed by atoms with van der Waals surface area (Å²) in [5.41, 5.74) is 0. The summed E-state index contributed by atoms with van der Waals surface area (Å²) >= 11 is 0. The maximum Gasteiger partial charge on any atom is 0.397 e. The largest absolute Gasteiger partial charge is 0.457 e. The Morgan fingerprint density at radius 3 is 1.49 bits per heavy atom. The number of allylic oxidation sites excluding steroid dienone is 14. The third-order valence-electron chi connectivity index (χ3n) is 11.5. The van der Waals surface area contributed by atoms with E-state index in [0.29, 0.717) is 13.0 Å². The van der Waals surface area contributed by atoms with Gasteiger partial charge in [-0.15, -0.1) is 0 Å². The van der Waals surface area contributed by atoms with Crippen molar-refractivity contribution in [3.05, 3.63) is 85.1 Å². The Hall–Kier alpha value is -2.72. The SMILES string of the molecule is CC/C=C\C/C=C\C/C=C\C/C=C\CCCCCCC(=O)OC(COCCCCCCCCCCC/C=C\C/C=C\C/C=C\CCCCCCC)COC1OC(CO)C(O)C(OS(=O)(=O)O)C1O. The van der Waals surface area contributed by atoms with Crippen LogP contribution in [0.15, 0.2) is 85.1 Å². The van der Waals surface area contributed by atoms with E-state index in [0.717, 1.165) is 89.9 Å². The summed E-state index contributed by atoms with van der Waals surface area (Å²) in [7, 11) is -5.07. The molecule has 1 aliphatic rings. The van der Waals surface area contributed by atoms with Gasteiger partial charge < -0.3 is 34.3 Å². The van der Waals surface area contributed by atoms with E-state index in [1.807, 2.05) is 0 Å². The lowest BCUT2D eigenvalue weighted by atomic mass is 9.99. The van der Waals surface area contributed by atoms with Crippen LogP contribution in [-0.4, -0.2) is 97.5 Å². The van der Waals surface area contributed by atoms with E-state index in [4.69, 9.17) is 18.9 Å². The van der Waals surface area contributed by atoms with E-state index in [-0.39, 0.29) is 19.6 Å². The van der Waals surface area contributed by atoms with Gasteiger partial charge in [0.2, 0.25) is 0 Å². The van der Waals surface area contributed by atoms with Gasteiger partial charge in [0.15, 0.2) is 6.29 Å². The Morgan fingerprint density at radius 2 is 1.01 bits per heavy atom. The van der Waals surface area contributed by atoms with Crippen molar-refractivity contribution in [2.45, 2.75) is 230 Å². The molecule has 1 heterocycles. The number of aliphatic hydroxyl groups is 3. The first-order chi connectivity index (χ1) is 33.1. The fourth-order valence-electron chi connectivity index (χ4n) is 7.55. The van der Waals surface area contributed by atoms with Crippen molar-refractivity contribution in [1.29, 1.82) is 0 Å². The predicted molar refractivity (Wildman–Crippen MR) is 275 cm³/mol. The molecule has 1 rings (SSSR count). The van der Waals surface area contributed by atoms with Crippen molar-refractivity contribution in [1.82, 2.24) is 0 Å². The standard InChI is InChI=1S/C55H94O12S/c1-3-5-7-9-11-13-15-17-19-21-22-23-24-25-26-27-29-31-33-35-37-39-41-43-45-63-47-49(48-64-55-53(59)54(67-68(60,61)62)52(58)50(46-56)66-55)65-51(57)44-42-40-38-36-34-32-30-28-20-18-16-14-12-10-8-6-4-2/h6,8,12,14-15,17-18,20-22,24-25,30,32,49-50,52-56,58-59H,3-5,7,9-11,13,16,19,23,26-29,31,33-48H2,1-2H3,(H,60,61,62)/b8-6-,14-12-,17-15-,20-18-,22-21-,25-24-,32-30-. The summed E-state index contributed by atoms with van der Waals surface area (Å²) in [5, 5.41) is 30.8. The van der Waals surface area contributed by atoms with E-state index < -0.39 is 59.8 Å². The highest BCUT2D eigenvalue weighted by molar-refractivity contribution is 7.80. The van der Waals surface area contributed by atoms with E-state index in [2.05, 4.69) is 103 Å². The normalized spacial score (nSPS) is 20.0. The highest BCUT2D eigenvalue weighted by atomic mass is 32.3. The van der Waals surface area contributed by atoms with Crippen LogP contribution in [0.3, 0.4) is 0 Å². The van der Waals surface area contributed by atoms with Crippen molar-refractivity contribution in [3.8, 4) is 0 Å². The average molecular weight is 979 g/mol. The average Bonchev–Trinajstić information content (AvgIpc) is 3.31. The summed E-state index contributed by atoms with van der Waals surface area (Å²) in [6.07, 6.45) is 51.8. The van der Waals surface area contributed by atoms with Crippen molar-refractivity contribution in [2.75, 3.05) is 26.4 Å². The molecule has 1 fully saturated rings. The second kappa shape index (κ2) is 45.4. The number of hydrogen-bond donors (Lipinski definition) is 4. The Morgan fingerprint density at radius 1 is 0.574 bits per heavy atom. The van der Waals surface area contributed by atoms with Crippen molar-refractivity contribution in [2.24, 2.45) is 0 Å². The first kappa shape index (κ1) is 63.3. The molecule has 0 aromatic rings. The molecular weight excluding hydrogens is 885 g/mol. The van der Waals surface area contributed by atoms with Gasteiger partial charge in [-0.1, -0.05) is 182 Å². The third kappa shape index (κ3) is 38.1. The van der Waals surface area contributed by atoms with Crippen LogP contribution in [0.25, 0.3) is 0 Å². The lowest BCUT2D eigenvalue weighted by Crippen LogP contribution is -2.60. The molecule has 6 unspecified atom stereocenters. The highest BCUT2D eigenvalue weighted by Gasteiger charge is 2.48. The van der Waals surface area contributed by atoms with Crippen LogP contribution in [-0.2, 0) is 38.3 Å². The summed E-state index contributed by atoms with van der Waals surface area (Å²) in [5.74, 6) is -0.427. The highest BCUT2D eigenvalue weighted by Crippen LogP contribution is 2.26. The number of ether oxygens (including phenoxy) is 4. The Bertz CT molecular complexity index is 1500. The van der Waals surface area contributed by atoms with E-state index in [1.54, 1.807) is 0 Å². The number of rotatable bonds is 45. The maximum atomic E-state index is 12.9. The van der Waals surface area contributed by atoms with E-state index in [9.17, 15) is 33.1 Å². The van der Waals surface area contributed by atoms with Gasteiger partial charge in [-0.05, 0) is 89.9 Å². The van der Waals surface area contributed by atoms with Gasteiger partial charge in [0.05, 0.1) is 19.8 Å². The molecule has 1 aliphatic heterocycles. The zero-order valence-corrected chi connectivity index (χ0v) is 43.0. The van der Waals surface area contributed by atoms with Crippen LogP contribution < -0.4 is 0 Å². The minimum absolute atomic E-state index is 0.0171. The van der Waals surface area contributed by atoms with E-state index >= 15 is 0 Å². The molecule has 0 aromatic heterocycles. The molecule has 0 bridgehead atoms. The van der Waals surface area contributed by atoms with Gasteiger partial charge in [-0.2, -0.15) is 8.42 Å². The minimum Gasteiger partial charge on any atom is -0.457 e. The van der Waals surface area contributed by atoms with Crippen LogP contribution in [0.1, 0.15) is 194 Å². The zero-order chi connectivity index (χ0) is 49.6. The molecule has 6 atom stereocenters. The summed E-state index contributed by atoms with van der Waals surface area (Å²) in [6.45, 7) is 3.82. The molecule has 0 amide bonds. The number of carbonyl (C=O) groups is 1. The minimum atomic E-state index is -5.07. The first-order valence-electron chi connectivity index (χ1n) is 26.3. The Balaban J connectivity index is 2.36. The molecule has 12 nitrogen and oxygen atoms in total. The number of carbonyl (C=O) groups excluding carboxylic acids is 1. The van der Waals surface area contributed by atoms with Crippen molar-refractivity contribution >= 4 is 16.4 Å². The predicted octanol–water partition coefficient (Wildman–Crippen LogP) is 12.4.